The molecule has 0 unspecified atom stereocenters. The number of benzene rings is 7. The van der Waals surface area contributed by atoms with Gasteiger partial charge >= 0.3 is 12.1 Å². The lowest BCUT2D eigenvalue weighted by Gasteiger charge is -2.38. The molecule has 138 heavy (non-hydrogen) atoms. The summed E-state index contributed by atoms with van der Waals surface area (Å²) in [7, 11) is 0. The minimum atomic E-state index is -1.23. The Morgan fingerprint density at radius 3 is 1.07 bits per heavy atom. The number of hydrogen-bond acceptors (Lipinski definition) is 14. The number of aldehydes is 1. The number of aromatic nitrogens is 7. The normalized spacial score (nSPS) is 15.7. The van der Waals surface area contributed by atoms with Crippen LogP contribution in [-0.2, 0) is 70.6 Å². The summed E-state index contributed by atoms with van der Waals surface area (Å²) in [5.41, 5.74) is 22.2. The average Bonchev–Trinajstić information content (AvgIpc) is 1.23. The van der Waals surface area contributed by atoms with E-state index in [2.05, 4.69) is 149 Å². The van der Waals surface area contributed by atoms with Crippen LogP contribution in [0.1, 0.15) is 209 Å². The number of amides is 4. The Balaban J connectivity index is 0.000000164. The molecule has 7 aromatic carbocycles. The largest absolute Gasteiger partial charge is 0.480 e. The molecule has 0 spiro atoms. The fourth-order valence-electron chi connectivity index (χ4n) is 18.7. The third-order valence-electron chi connectivity index (χ3n) is 26.3. The molecule has 0 saturated heterocycles. The number of nitrogens with zero attached hydrogens (tertiary/aromatic N) is 3. The molecule has 3 fully saturated rings. The van der Waals surface area contributed by atoms with Crippen LogP contribution in [0, 0.1) is 13.8 Å². The van der Waals surface area contributed by atoms with E-state index < -0.39 is 39.8 Å². The van der Waals surface area contributed by atoms with Gasteiger partial charge in [-0.3, -0.25) is 34.1 Å². The summed E-state index contributed by atoms with van der Waals surface area (Å²) in [6.07, 6.45) is 33.7. The van der Waals surface area contributed by atoms with Crippen LogP contribution in [0.3, 0.4) is 0 Å². The molecule has 23 nitrogen and oxygen atoms in total. The highest BCUT2D eigenvalue weighted by Gasteiger charge is 2.44. The zero-order valence-electron chi connectivity index (χ0n) is 82.3. The summed E-state index contributed by atoms with van der Waals surface area (Å²) >= 11 is 0. The molecule has 726 valence electrons. The van der Waals surface area contributed by atoms with Crippen LogP contribution in [0.2, 0.25) is 0 Å². The molecule has 8 heterocycles. The number of aromatic amines is 4. The smallest absolute Gasteiger partial charge is 0.408 e. The lowest BCUT2D eigenvalue weighted by molar-refractivity contribution is -0.142. The topological polar surface area (TPSA) is 359 Å². The Bertz CT molecular complexity index is 6210. The summed E-state index contributed by atoms with van der Waals surface area (Å²) in [5.74, 6) is -1.28. The summed E-state index contributed by atoms with van der Waals surface area (Å²) in [4.78, 5) is 99.9. The van der Waals surface area contributed by atoms with Gasteiger partial charge in [0.2, 0.25) is 17.7 Å². The van der Waals surface area contributed by atoms with Crippen LogP contribution in [0.25, 0.3) is 54.6 Å². The third kappa shape index (κ3) is 29.5. The van der Waals surface area contributed by atoms with Crippen molar-refractivity contribution in [2.45, 2.75) is 242 Å². The number of ether oxygens (including phenoxy) is 1. The quantitative estimate of drug-likeness (QED) is 0.0250. The number of alkyl carbamates (subject to hydrolysis) is 1. The van der Waals surface area contributed by atoms with Gasteiger partial charge in [-0.05, 0) is 209 Å². The highest BCUT2D eigenvalue weighted by Crippen LogP contribution is 2.42. The van der Waals surface area contributed by atoms with Crippen molar-refractivity contribution in [3.63, 3.8) is 0 Å². The second-order valence-electron chi connectivity index (χ2n) is 38.8. The molecule has 14 N–H and O–H groups in total. The zero-order valence-corrected chi connectivity index (χ0v) is 82.3. The molecular formula is C115H142N14O9. The van der Waals surface area contributed by atoms with E-state index in [-0.39, 0.29) is 34.0 Å². The summed E-state index contributed by atoms with van der Waals surface area (Å²) in [5, 5.41) is 30.6. The van der Waals surface area contributed by atoms with Crippen molar-refractivity contribution in [2.75, 3.05) is 26.2 Å². The fourth-order valence-corrected chi connectivity index (χ4v) is 18.7. The number of hydrogen-bond donors (Lipinski definition) is 12. The number of aryl methyl sites for hydroxylation is 2. The van der Waals surface area contributed by atoms with Crippen LogP contribution in [-0.4, -0.2) is 130 Å². The number of fused-ring (bicyclic) bond motifs is 5. The number of para-hydroxylation sites is 5. The minimum absolute atomic E-state index is 0.0560. The van der Waals surface area contributed by atoms with Gasteiger partial charge in [0.1, 0.15) is 28.5 Å². The number of carbonyl (C=O) groups excluding carboxylic acids is 5. The lowest BCUT2D eigenvalue weighted by Crippen LogP contribution is -2.60. The second kappa shape index (κ2) is 49.9. The van der Waals surface area contributed by atoms with Gasteiger partial charge in [0.25, 0.3) is 0 Å². The van der Waals surface area contributed by atoms with Crippen molar-refractivity contribution >= 4 is 90.7 Å². The monoisotopic (exact) mass is 1860 g/mol. The molecular weight excluding hydrogens is 1720 g/mol. The van der Waals surface area contributed by atoms with Gasteiger partial charge < -0.3 is 77.0 Å². The highest BCUT2D eigenvalue weighted by molar-refractivity contribution is 5.93. The van der Waals surface area contributed by atoms with E-state index in [9.17, 15) is 24.0 Å². The van der Waals surface area contributed by atoms with Crippen molar-refractivity contribution in [3.05, 3.63) is 343 Å². The number of carbonyl (C=O) groups is 6. The van der Waals surface area contributed by atoms with E-state index in [0.717, 1.165) is 153 Å². The SMILES string of the molecule is CC(C)(C)OC(=O)N[C@@](C)(Cc1c[nH]c2ccccc12)C(=O)NCC1(c2ccccn2)CCCCC1.CC=O.CCN[C@@](C)(Cc1c[nH]c2ccccc12)C(=O)NCC1(c2ccccn2)CCCCC1.C[C@](N)(Cc1c[nH]c2ccccc12)C(=O)NCC1(c2ccccn2)CCCCC1.C[C@](N)(Cc1c[nH]c2ccccc12)C(=O)O.Cc1ccccc1.Cc1ccccc1.c1ccc2occc2c1. The van der Waals surface area contributed by atoms with E-state index in [1.165, 1.54) is 75.3 Å². The van der Waals surface area contributed by atoms with Crippen LogP contribution in [0.5, 0.6) is 0 Å². The molecule has 3 saturated carbocycles. The van der Waals surface area contributed by atoms with Crippen molar-refractivity contribution in [2.24, 2.45) is 11.5 Å². The molecule has 3 aliphatic carbocycles. The number of carboxylic acid groups (broad SMARTS) is 1. The summed E-state index contributed by atoms with van der Waals surface area (Å²) < 4.78 is 10.6. The van der Waals surface area contributed by atoms with Gasteiger partial charge in [0.05, 0.1) is 17.3 Å². The summed E-state index contributed by atoms with van der Waals surface area (Å²) in [6.45, 7) is 22.6. The predicted molar refractivity (Wildman–Crippen MR) is 557 cm³/mol. The first kappa shape index (κ1) is 105. The van der Waals surface area contributed by atoms with E-state index in [1.807, 2.05) is 254 Å². The standard InChI is InChI=1S/C29H38N4O3.C26H34N4O.C24H30N4O.C12H14N2O2.C8H6O.2C7H8.C2H4O/c1-27(2,3)36-26(35)33-28(4,18-21-19-31-23-13-7-6-12-22(21)23)25(34)32-20-29(15-9-5-10-16-29)24-14-8-11-17-30-24;1-3-30-25(2,17-20-18-28-22-12-6-5-11-21(20)22)24(31)29-19-26(14-8-4-9-15-26)23-13-7-10-16-27-23;1-23(25,15-18-16-27-20-10-4-3-9-19(18)20)22(29)28-17-24(12-6-2-7-13-24)21-11-5-8-14-26-21;1-12(13,11(15)16)6-8-7-14-10-5-3-2-4-9(8)10;1-2-4-8-7(3-1)5-6-9-8;2*1-7-5-3-2-4-6-7;1-2-3/h6-8,11-14,17,19,31H,5,9-10,15-16,18,20H2,1-4H3,(H,32,34)(H,33,35);5-7,10-13,16,18,28,30H,3-4,8-9,14-15,17,19H2,1-2H3,(H,29,31);3-5,8-11,14,16,27H,2,6-7,12-13,15,17,25H2,1H3,(H,28,29);2-5,7,14H,6,13H2,1H3,(H,15,16);1-6H;2*2-6H,1H3;2H,1H3/t28-;25-;23-;12-;;;;/m0000..../s1. The number of rotatable bonds is 24. The van der Waals surface area contributed by atoms with Gasteiger partial charge in [-0.25, -0.2) is 4.79 Å². The predicted octanol–water partition coefficient (Wildman–Crippen LogP) is 21.9. The van der Waals surface area contributed by atoms with Crippen molar-refractivity contribution in [3.8, 4) is 0 Å². The number of nitrogens with one attached hydrogen (secondary N) is 9. The molecule has 23 heteroatoms. The Morgan fingerprint density at radius 2 is 0.732 bits per heavy atom. The Hall–Kier alpha value is -13.6. The fraction of sp³-hybridized carbons (Fsp3) is 0.365. The van der Waals surface area contributed by atoms with Crippen LogP contribution >= 0.6 is 0 Å². The Kier molecular flexibility index (Phi) is 37.9. The van der Waals surface area contributed by atoms with Gasteiger partial charge in [-0.15, -0.1) is 0 Å². The molecule has 18 rings (SSSR count). The summed E-state index contributed by atoms with van der Waals surface area (Å²) in [6, 6.07) is 80.7. The molecule has 0 bridgehead atoms. The van der Waals surface area contributed by atoms with Gasteiger partial charge in [-0.1, -0.05) is 246 Å². The first-order valence-electron chi connectivity index (χ1n) is 48.6. The zero-order chi connectivity index (χ0) is 98.7. The van der Waals surface area contributed by atoms with Crippen molar-refractivity contribution in [1.29, 1.82) is 0 Å². The number of aliphatic carboxylic acids is 1. The van der Waals surface area contributed by atoms with Gasteiger partial charge in [0.15, 0.2) is 0 Å². The van der Waals surface area contributed by atoms with E-state index in [1.54, 1.807) is 13.2 Å². The van der Waals surface area contributed by atoms with Crippen molar-refractivity contribution in [1.82, 2.24) is 61.5 Å². The molecule has 0 aliphatic heterocycles. The number of nitrogens with two attached hydrogens (primary N) is 2. The number of pyridine rings is 3. The maximum atomic E-state index is 13.8. The number of likely N-dealkylation sites (N-methyl/N-ethyl adjacent to an activating group) is 1. The van der Waals surface area contributed by atoms with E-state index in [0.29, 0.717) is 45.3 Å². The van der Waals surface area contributed by atoms with Gasteiger partial charge in [0, 0.05) is 171 Å². The maximum Gasteiger partial charge on any atom is 0.408 e. The third-order valence-corrected chi connectivity index (χ3v) is 26.3. The Morgan fingerprint density at radius 1 is 0.413 bits per heavy atom. The molecule has 0 radical (unpaired) electrons. The second-order valence-corrected chi connectivity index (χ2v) is 38.8. The molecule has 15 aromatic rings. The minimum Gasteiger partial charge on any atom is -0.480 e. The van der Waals surface area contributed by atoms with Crippen LogP contribution < -0.4 is 38.1 Å². The van der Waals surface area contributed by atoms with E-state index >= 15 is 0 Å². The number of carboxylic acids is 1. The lowest BCUT2D eigenvalue weighted by atomic mass is 9.71. The number of furan rings is 1. The van der Waals surface area contributed by atoms with Crippen molar-refractivity contribution < 1.29 is 43.0 Å². The first-order valence-corrected chi connectivity index (χ1v) is 48.6. The number of H-pyrrole nitrogens is 4. The highest BCUT2D eigenvalue weighted by atomic mass is 16.6. The molecule has 3 aliphatic rings. The molecule has 4 amide bonds. The average molecular weight is 1860 g/mol. The molecule has 4 atom stereocenters. The maximum absolute atomic E-state index is 13.8. The van der Waals surface area contributed by atoms with Crippen LogP contribution in [0.15, 0.2) is 297 Å². The first-order chi connectivity index (χ1) is 66.3. The Labute approximate surface area is 812 Å². The van der Waals surface area contributed by atoms with Crippen LogP contribution in [0.4, 0.5) is 4.79 Å². The van der Waals surface area contributed by atoms with E-state index in [4.69, 9.17) is 30.5 Å². The van der Waals surface area contributed by atoms with Gasteiger partial charge in [-0.2, -0.15) is 0 Å². The molecule has 8 aromatic heterocycles.